The maximum atomic E-state index is 13.4. The van der Waals surface area contributed by atoms with Crippen molar-refractivity contribution in [1.29, 1.82) is 0 Å². The number of hydrogen-bond donors (Lipinski definition) is 1. The van der Waals surface area contributed by atoms with Gasteiger partial charge in [-0.1, -0.05) is 6.07 Å². The molecule has 0 aromatic carbocycles. The monoisotopic (exact) mass is 336 g/mol. The minimum Gasteiger partial charge on any atom is -0.362 e. The number of hydrogen-bond acceptors (Lipinski definition) is 5. The van der Waals surface area contributed by atoms with Crippen LogP contribution in [0.5, 0.6) is 0 Å². The molecule has 1 N–H and O–H groups in total. The predicted octanol–water partition coefficient (Wildman–Crippen LogP) is 1.98. The summed E-state index contributed by atoms with van der Waals surface area (Å²) in [5, 5.41) is 14.0. The van der Waals surface area contributed by atoms with E-state index >= 15 is 0 Å². The van der Waals surface area contributed by atoms with Gasteiger partial charge in [0, 0.05) is 30.4 Å². The van der Waals surface area contributed by atoms with Crippen LogP contribution in [0.3, 0.4) is 0 Å². The van der Waals surface area contributed by atoms with Gasteiger partial charge in [-0.05, 0) is 18.2 Å². The lowest BCUT2D eigenvalue weighted by atomic mass is 10.0. The van der Waals surface area contributed by atoms with Crippen molar-refractivity contribution in [2.75, 3.05) is 0 Å². The zero-order valence-electron chi connectivity index (χ0n) is 12.1. The number of halogens is 3. The number of nitrogens with zero attached hydrogens (tertiary/aromatic N) is 4. The average Bonchev–Trinajstić information content (AvgIpc) is 2.95. The average molecular weight is 336 g/mol. The van der Waals surface area contributed by atoms with Crippen LogP contribution in [0.25, 0.3) is 0 Å². The molecule has 0 aliphatic carbocycles. The predicted molar refractivity (Wildman–Crippen MR) is 76.8 cm³/mol. The van der Waals surface area contributed by atoms with Gasteiger partial charge in [0.05, 0.1) is 17.7 Å². The minimum atomic E-state index is -5.08. The Morgan fingerprint density at radius 3 is 2.38 bits per heavy atom. The number of aromatic nitrogens is 2. The summed E-state index contributed by atoms with van der Waals surface area (Å²) in [5.41, 5.74) is -3.33. The van der Waals surface area contributed by atoms with E-state index in [0.717, 1.165) is 6.20 Å². The molecule has 0 bridgehead atoms. The SMILES string of the molecule is O=C(c1cccnc1)N1N=C(c2cccnc2)C[C@@]1(O)C(F)(F)F. The molecule has 2 aromatic heterocycles. The fraction of sp³-hybridized carbons (Fsp3) is 0.200. The fourth-order valence-electron chi connectivity index (χ4n) is 2.29. The van der Waals surface area contributed by atoms with E-state index < -0.39 is 24.2 Å². The van der Waals surface area contributed by atoms with Crippen molar-refractivity contribution < 1.29 is 23.1 Å². The first-order valence-electron chi connectivity index (χ1n) is 6.84. The van der Waals surface area contributed by atoms with Crippen molar-refractivity contribution in [1.82, 2.24) is 15.0 Å². The molecule has 24 heavy (non-hydrogen) atoms. The summed E-state index contributed by atoms with van der Waals surface area (Å²) in [6.45, 7) is 0. The lowest BCUT2D eigenvalue weighted by Crippen LogP contribution is -2.56. The smallest absolute Gasteiger partial charge is 0.362 e. The molecule has 3 rings (SSSR count). The standard InChI is InChI=1S/C15H11F3N4O2/c16-15(17,18)14(24)7-12(10-3-1-5-19-8-10)21-22(14)13(23)11-4-2-6-20-9-11/h1-6,8-9,24H,7H2/t14-/m1/s1. The largest absolute Gasteiger partial charge is 0.438 e. The highest BCUT2D eigenvalue weighted by Crippen LogP contribution is 2.41. The molecule has 1 amide bonds. The quantitative estimate of drug-likeness (QED) is 0.909. The second-order valence-corrected chi connectivity index (χ2v) is 5.14. The zero-order chi connectivity index (χ0) is 17.4. The number of pyridine rings is 2. The van der Waals surface area contributed by atoms with E-state index in [4.69, 9.17) is 0 Å². The van der Waals surface area contributed by atoms with Crippen LogP contribution in [0.2, 0.25) is 0 Å². The molecule has 1 atom stereocenters. The summed E-state index contributed by atoms with van der Waals surface area (Å²) in [6.07, 6.45) is -0.717. The molecular weight excluding hydrogens is 325 g/mol. The first-order valence-corrected chi connectivity index (χ1v) is 6.84. The Kier molecular flexibility index (Phi) is 3.80. The Labute approximate surface area is 134 Å². The van der Waals surface area contributed by atoms with Gasteiger partial charge in [0.15, 0.2) is 0 Å². The summed E-state index contributed by atoms with van der Waals surface area (Å²) in [6, 6.07) is 5.72. The molecule has 9 heteroatoms. The molecule has 0 saturated carbocycles. The number of alkyl halides is 3. The van der Waals surface area contributed by atoms with Gasteiger partial charge < -0.3 is 5.11 Å². The molecule has 3 heterocycles. The fourth-order valence-corrected chi connectivity index (χ4v) is 2.29. The van der Waals surface area contributed by atoms with Crippen LogP contribution >= 0.6 is 0 Å². The molecule has 1 aliphatic heterocycles. The lowest BCUT2D eigenvalue weighted by molar-refractivity contribution is -0.297. The van der Waals surface area contributed by atoms with Gasteiger partial charge in [0.1, 0.15) is 0 Å². The number of carbonyl (C=O) groups excluding carboxylic acids is 1. The van der Waals surface area contributed by atoms with Crippen LogP contribution in [0, 0.1) is 0 Å². The van der Waals surface area contributed by atoms with Gasteiger partial charge in [0.25, 0.3) is 11.6 Å². The number of amides is 1. The van der Waals surface area contributed by atoms with Gasteiger partial charge in [0.2, 0.25) is 0 Å². The van der Waals surface area contributed by atoms with Crippen molar-refractivity contribution in [3.05, 3.63) is 60.2 Å². The highest BCUT2D eigenvalue weighted by atomic mass is 19.4. The number of carbonyl (C=O) groups is 1. The second-order valence-electron chi connectivity index (χ2n) is 5.14. The summed E-state index contributed by atoms with van der Waals surface area (Å²) >= 11 is 0. The molecular formula is C15H11F3N4O2. The van der Waals surface area contributed by atoms with E-state index in [9.17, 15) is 23.1 Å². The third-order valence-corrected chi connectivity index (χ3v) is 3.53. The number of rotatable bonds is 2. The van der Waals surface area contributed by atoms with Crippen LogP contribution in [0.15, 0.2) is 54.2 Å². The van der Waals surface area contributed by atoms with E-state index in [-0.39, 0.29) is 16.3 Å². The van der Waals surface area contributed by atoms with Crippen molar-refractivity contribution >= 4 is 11.6 Å². The Morgan fingerprint density at radius 1 is 1.17 bits per heavy atom. The zero-order valence-corrected chi connectivity index (χ0v) is 12.1. The Bertz CT molecular complexity index is 780. The molecule has 0 saturated heterocycles. The minimum absolute atomic E-state index is 0.0619. The number of hydrazone groups is 1. The highest BCUT2D eigenvalue weighted by molar-refractivity contribution is 6.05. The summed E-state index contributed by atoms with van der Waals surface area (Å²) in [4.78, 5) is 19.9. The van der Waals surface area contributed by atoms with Gasteiger partial charge >= 0.3 is 6.18 Å². The summed E-state index contributed by atoms with van der Waals surface area (Å²) < 4.78 is 40.2. The molecule has 2 aromatic rings. The van der Waals surface area contributed by atoms with Crippen LogP contribution in [-0.4, -0.2) is 43.6 Å². The van der Waals surface area contributed by atoms with E-state index in [1.165, 1.54) is 42.9 Å². The Hall–Kier alpha value is -2.81. The van der Waals surface area contributed by atoms with E-state index in [1.807, 2.05) is 0 Å². The maximum Gasteiger partial charge on any atom is 0.438 e. The number of aliphatic hydroxyl groups is 1. The second kappa shape index (κ2) is 5.68. The summed E-state index contributed by atoms with van der Waals surface area (Å²) in [5.74, 6) is -1.10. The lowest BCUT2D eigenvalue weighted by Gasteiger charge is -2.32. The van der Waals surface area contributed by atoms with Gasteiger partial charge in [-0.3, -0.25) is 14.8 Å². The van der Waals surface area contributed by atoms with Gasteiger partial charge in [-0.15, -0.1) is 0 Å². The third-order valence-electron chi connectivity index (χ3n) is 3.53. The van der Waals surface area contributed by atoms with Crippen LogP contribution in [-0.2, 0) is 0 Å². The first kappa shape index (κ1) is 16.1. The van der Waals surface area contributed by atoms with Crippen LogP contribution < -0.4 is 0 Å². The molecule has 0 spiro atoms. The normalized spacial score (nSPS) is 20.8. The molecule has 1 aliphatic rings. The molecule has 0 fully saturated rings. The first-order chi connectivity index (χ1) is 11.3. The van der Waals surface area contributed by atoms with Gasteiger partial charge in [-0.25, -0.2) is 0 Å². The molecule has 0 radical (unpaired) electrons. The third kappa shape index (κ3) is 2.62. The summed E-state index contributed by atoms with van der Waals surface area (Å²) in [7, 11) is 0. The Balaban J connectivity index is 2.05. The van der Waals surface area contributed by atoms with Gasteiger partial charge in [-0.2, -0.15) is 23.3 Å². The topological polar surface area (TPSA) is 78.7 Å². The van der Waals surface area contributed by atoms with Crippen LogP contribution in [0.4, 0.5) is 13.2 Å². The van der Waals surface area contributed by atoms with Crippen molar-refractivity contribution in [3.63, 3.8) is 0 Å². The van der Waals surface area contributed by atoms with E-state index in [0.29, 0.717) is 5.56 Å². The maximum absolute atomic E-state index is 13.4. The molecule has 6 nitrogen and oxygen atoms in total. The van der Waals surface area contributed by atoms with Crippen molar-refractivity contribution in [3.8, 4) is 0 Å². The highest BCUT2D eigenvalue weighted by Gasteiger charge is 2.63. The molecule has 0 unspecified atom stereocenters. The van der Waals surface area contributed by atoms with Crippen molar-refractivity contribution in [2.24, 2.45) is 5.10 Å². The van der Waals surface area contributed by atoms with Crippen LogP contribution in [0.1, 0.15) is 22.3 Å². The van der Waals surface area contributed by atoms with E-state index in [1.54, 1.807) is 0 Å². The van der Waals surface area contributed by atoms with E-state index in [2.05, 4.69) is 15.1 Å². The molecule has 124 valence electrons. The van der Waals surface area contributed by atoms with Crippen molar-refractivity contribution in [2.45, 2.75) is 18.3 Å². The Morgan fingerprint density at radius 2 is 1.83 bits per heavy atom.